The minimum Gasteiger partial charge on any atom is -0.507 e. The molecular weight excluding hydrogens is 2030 g/mol. The number of hydrogen-bond donors (Lipinski definition) is 22. The summed E-state index contributed by atoms with van der Waals surface area (Å²) >= 11 is 38.1. The molecule has 0 aromatic heterocycles. The highest BCUT2D eigenvalue weighted by Gasteiger charge is 2.30. The third-order valence-electron chi connectivity index (χ3n) is 17.0. The molecule has 666 valence electrons. The van der Waals surface area contributed by atoms with Crippen molar-refractivity contribution in [3.8, 4) is 69.0 Å². The van der Waals surface area contributed by atoms with Gasteiger partial charge >= 0.3 is 17.3 Å². The number of aromatic carboxylic acids is 1. The van der Waals surface area contributed by atoms with Crippen LogP contribution in [0.3, 0.4) is 0 Å². The first-order valence-corrected chi connectivity index (χ1v) is 39.5. The summed E-state index contributed by atoms with van der Waals surface area (Å²) in [6, 6.07) is 14.1. The highest BCUT2D eigenvalue weighted by molar-refractivity contribution is 9.11. The molecule has 0 bridgehead atoms. The second-order valence-corrected chi connectivity index (χ2v) is 31.3. The minimum absolute atomic E-state index is 0.00287. The first-order valence-electron chi connectivity index (χ1n) is 34.0. The van der Waals surface area contributed by atoms with Gasteiger partial charge in [-0.15, -0.1) is 0 Å². The Hall–Kier alpha value is -10.7. The average Bonchev–Trinajstić information content (AvgIpc) is 0.796. The number of nitro groups is 2. The lowest BCUT2D eigenvalue weighted by Gasteiger charge is -2.13. The Morgan fingerprint density at radius 1 is 0.426 bits per heavy atom. The molecule has 122 heavy (non-hydrogen) atoms. The van der Waals surface area contributed by atoms with Crippen LogP contribution in [0.25, 0.3) is 0 Å². The molecular formula is C78H89Br5Cl4F4N12O19. The van der Waals surface area contributed by atoms with Gasteiger partial charge in [-0.3, -0.25) is 20.2 Å². The van der Waals surface area contributed by atoms with Crippen molar-refractivity contribution in [1.82, 2.24) is 0 Å². The van der Waals surface area contributed by atoms with Crippen molar-refractivity contribution in [2.75, 3.05) is 78.2 Å². The zero-order valence-corrected chi connectivity index (χ0v) is 78.0. The van der Waals surface area contributed by atoms with Crippen LogP contribution in [0.15, 0.2) is 83.0 Å². The number of aliphatic hydroxyl groups is 1. The number of rotatable bonds is 8. The lowest BCUT2D eigenvalue weighted by atomic mass is 9.99. The molecule has 0 unspecified atom stereocenters. The molecule has 44 heteroatoms. The third kappa shape index (κ3) is 28.4. The Morgan fingerprint density at radius 2 is 0.869 bits per heavy atom. The largest absolute Gasteiger partial charge is 0.507 e. The van der Waals surface area contributed by atoms with Gasteiger partial charge in [-0.2, -0.15) is 4.39 Å². The van der Waals surface area contributed by atoms with Gasteiger partial charge in [0, 0.05) is 64.5 Å². The number of nitrogens with two attached hydrogens (primary N) is 10. The number of benzene rings is 10. The van der Waals surface area contributed by atoms with Crippen molar-refractivity contribution in [3.63, 3.8) is 0 Å². The number of ether oxygens (including phenoxy) is 2. The summed E-state index contributed by atoms with van der Waals surface area (Å²) in [7, 11) is 2.98. The number of nitrogen functional groups attached to an aromatic ring is 10. The van der Waals surface area contributed by atoms with E-state index in [1.807, 2.05) is 54.5 Å². The van der Waals surface area contributed by atoms with E-state index in [0.717, 1.165) is 56.8 Å². The molecule has 0 atom stereocenters. The molecule has 10 aromatic carbocycles. The molecule has 0 amide bonds. The zero-order valence-electron chi connectivity index (χ0n) is 67.1. The molecule has 0 aliphatic rings. The molecule has 0 saturated heterocycles. The summed E-state index contributed by atoms with van der Waals surface area (Å²) in [5, 5.41) is 131. The Balaban J connectivity index is 0.000000679. The number of aromatic hydroxyl groups is 10. The van der Waals surface area contributed by atoms with Gasteiger partial charge < -0.3 is 128 Å². The van der Waals surface area contributed by atoms with Gasteiger partial charge in [0.15, 0.2) is 40.4 Å². The van der Waals surface area contributed by atoms with Crippen LogP contribution in [0.1, 0.15) is 96.9 Å². The molecule has 0 aliphatic heterocycles. The SMILES string of the molecule is COc1cc(N)c(OC)c(C)c1O.Cc1c(N)cc(Br)c(O)c1Br.Cc1c(N)cc(C(C)C)c(O)c1Br.Cc1c(N)cc([N+](=O)[O-])c(O)c1[N+](=O)[O-].Cc1cc(N)c(C)c(C(=O)O)c1O.Cc1cc(N)c(C)c(C)c1O.Cc1cc(N)c(Cl)c(Cl)c1O.Nc1cc(Br)c(O)c(Br)c1CCO.Nc1cc(Cl)c(O)c(Cl)c1F.Nc1cc(F)c(O)c(F)c1F. The number of halogens is 13. The van der Waals surface area contributed by atoms with E-state index in [4.69, 9.17) is 134 Å². The number of carboxylic acid groups (broad SMARTS) is 1. The number of methoxy groups -OCH3 is 2. The van der Waals surface area contributed by atoms with E-state index in [2.05, 4.69) is 79.6 Å². The van der Waals surface area contributed by atoms with Crippen LogP contribution >= 0.6 is 126 Å². The average molecular weight is 2120 g/mol. The number of anilines is 10. The molecule has 0 aliphatic carbocycles. The molecule has 32 N–H and O–H groups in total. The summed E-state index contributed by atoms with van der Waals surface area (Å²) in [6.45, 7) is 21.3. The van der Waals surface area contributed by atoms with Gasteiger partial charge in [0.1, 0.15) is 55.9 Å². The Morgan fingerprint density at radius 3 is 1.34 bits per heavy atom. The van der Waals surface area contributed by atoms with Crippen LogP contribution in [0.4, 0.5) is 85.8 Å². The number of nitro benzene ring substituents is 2. The molecule has 10 rings (SSSR count). The van der Waals surface area contributed by atoms with Crippen molar-refractivity contribution in [2.45, 2.75) is 95.4 Å². The highest BCUT2D eigenvalue weighted by Crippen LogP contribution is 2.46. The Labute approximate surface area is 758 Å². The lowest BCUT2D eigenvalue weighted by Crippen LogP contribution is -2.04. The van der Waals surface area contributed by atoms with Gasteiger partial charge in [0.25, 0.3) is 5.75 Å². The topological polar surface area (TPSA) is 625 Å². The van der Waals surface area contributed by atoms with Crippen molar-refractivity contribution in [2.24, 2.45) is 0 Å². The van der Waals surface area contributed by atoms with Gasteiger partial charge in [0.05, 0.1) is 84.8 Å². The maximum absolute atomic E-state index is 12.7. The summed E-state index contributed by atoms with van der Waals surface area (Å²) < 4.78 is 62.6. The predicted octanol–water partition coefficient (Wildman–Crippen LogP) is 20.0. The fourth-order valence-electron chi connectivity index (χ4n) is 9.57. The number of hydrogen-bond acceptors (Lipinski definition) is 28. The van der Waals surface area contributed by atoms with E-state index in [-0.39, 0.29) is 78.8 Å². The van der Waals surface area contributed by atoms with Gasteiger partial charge in [0.2, 0.25) is 5.82 Å². The fourth-order valence-corrected chi connectivity index (χ4v) is 13.4. The van der Waals surface area contributed by atoms with Crippen molar-refractivity contribution in [1.29, 1.82) is 0 Å². The maximum Gasteiger partial charge on any atom is 0.339 e. The van der Waals surface area contributed by atoms with Gasteiger partial charge in [-0.1, -0.05) is 60.3 Å². The summed E-state index contributed by atoms with van der Waals surface area (Å²) in [5.74, 6) is -7.28. The summed E-state index contributed by atoms with van der Waals surface area (Å²) in [5.41, 5.74) is 64.2. The number of phenols is 10. The molecule has 31 nitrogen and oxygen atoms in total. The van der Waals surface area contributed by atoms with Crippen LogP contribution in [0.2, 0.25) is 20.1 Å². The van der Waals surface area contributed by atoms with E-state index in [1.54, 1.807) is 58.0 Å². The molecule has 0 fully saturated rings. The van der Waals surface area contributed by atoms with Crippen molar-refractivity contribution in [3.05, 3.63) is 219 Å². The van der Waals surface area contributed by atoms with Crippen molar-refractivity contribution < 1.29 is 103 Å². The molecule has 0 heterocycles. The number of phenolic OH excluding ortho intramolecular Hbond substituents is 9. The molecule has 10 aromatic rings. The summed E-state index contributed by atoms with van der Waals surface area (Å²) in [6.07, 6.45) is 0.424. The standard InChI is InChI=1S/C10H14BrNO.C9H13NO3.C9H11NO3.C9H13NO.C8H9Br2NO2.C7H7Br2NO.C7H7Cl2NO.C7H7N3O5.C6H4Cl2FNO.C6H4F3NO/c1-5(2)7-4-8(12)6(3)9(11)10(7)13;1-5-8(11)7(12-2)4-6(10)9(5)13-3;1-4-3-6(10)5(2)7(8(4)11)9(12)13;1-5-4-8(10)6(2)7(3)9(5)11;9-5-3-6(11)4(1-2-12)7(10)8(5)13;1-3-5(10)2-4(8)7(11)6(3)9;1-3-2-4(10)5(8)6(9)7(3)11;1-3-4(8)2-5(9(12)13)7(11)6(3)10(14)15;7-2-1-3(10)5(9)4(8)6(2)11;7-2-1-3(10)4(8)5(9)6(2)11/h4-5,13H,12H2,1-3H3;4,11H,10H2,1-3H3;3,11H,10H2,1-2H3,(H,12,13);4,11H,10H2,1-3H3;3,12-13H,1-2,11H2;2*2,11H,10H2,1H3;2,11H,8H2,1H3;2*1,11H,10H2. The second-order valence-electron chi connectivity index (χ2n) is 25.7. The highest BCUT2D eigenvalue weighted by atomic mass is 79.9. The third-order valence-corrected chi connectivity index (χ3v) is 22.5. The first-order chi connectivity index (χ1) is 56.1. The maximum atomic E-state index is 12.7. The lowest BCUT2D eigenvalue weighted by molar-refractivity contribution is -0.396. The second kappa shape index (κ2) is 48.2. The van der Waals surface area contributed by atoms with Gasteiger partial charge in [-0.05, 0) is 259 Å². The Kier molecular flexibility index (Phi) is 43.2. The van der Waals surface area contributed by atoms with Crippen LogP contribution in [-0.4, -0.2) is 97.9 Å². The number of aryl methyl sites for hydroxylation is 3. The van der Waals surface area contributed by atoms with Crippen LogP contribution in [-0.2, 0) is 6.42 Å². The minimum atomic E-state index is -1.66. The van der Waals surface area contributed by atoms with Gasteiger partial charge in [-0.25, -0.2) is 18.0 Å². The first kappa shape index (κ1) is 109. The zero-order chi connectivity index (χ0) is 95.1. The van der Waals surface area contributed by atoms with E-state index >= 15 is 0 Å². The smallest absolute Gasteiger partial charge is 0.339 e. The van der Waals surface area contributed by atoms with E-state index in [9.17, 15) is 83.4 Å². The summed E-state index contributed by atoms with van der Waals surface area (Å²) in [4.78, 5) is 29.9. The van der Waals surface area contributed by atoms with Crippen LogP contribution < -0.4 is 66.8 Å². The van der Waals surface area contributed by atoms with Crippen molar-refractivity contribution >= 4 is 200 Å². The Bertz CT molecular complexity index is 5030. The number of carboxylic acids is 1. The van der Waals surface area contributed by atoms with E-state index in [0.29, 0.717) is 114 Å². The van der Waals surface area contributed by atoms with E-state index < -0.39 is 78.4 Å². The number of carbonyl (C=O) groups is 1. The monoisotopic (exact) mass is 2110 g/mol. The molecule has 0 saturated carbocycles. The predicted molar refractivity (Wildman–Crippen MR) is 489 cm³/mol. The number of aliphatic hydroxyl groups excluding tert-OH is 1. The molecule has 0 radical (unpaired) electrons. The molecule has 0 spiro atoms. The van der Waals surface area contributed by atoms with Crippen LogP contribution in [0, 0.1) is 113 Å². The number of nitrogens with zero attached hydrogens (tertiary/aromatic N) is 2. The fraction of sp³-hybridized carbons (Fsp3) is 0.218. The van der Waals surface area contributed by atoms with Crippen LogP contribution in [0.5, 0.6) is 69.0 Å². The quantitative estimate of drug-likeness (QED) is 0.0168. The van der Waals surface area contributed by atoms with E-state index in [1.165, 1.54) is 27.2 Å². The normalized spacial score (nSPS) is 10.1.